The zero-order valence-electron chi connectivity index (χ0n) is 10.6. The van der Waals surface area contributed by atoms with Crippen LogP contribution in [0.4, 0.5) is 5.69 Å². The van der Waals surface area contributed by atoms with Gasteiger partial charge in [0.1, 0.15) is 6.04 Å². The second kappa shape index (κ2) is 5.59. The lowest BCUT2D eigenvalue weighted by Crippen LogP contribution is -2.52. The highest BCUT2D eigenvalue weighted by Crippen LogP contribution is 2.15. The molecule has 0 bridgehead atoms. The topological polar surface area (TPSA) is 118 Å². The Morgan fingerprint density at radius 2 is 2.00 bits per heavy atom. The third-order valence-corrected chi connectivity index (χ3v) is 4.30. The molecule has 0 aromatic heterocycles. The summed E-state index contributed by atoms with van der Waals surface area (Å²) in [6, 6.07) is 5.70. The molecule has 2 rings (SSSR count). The zero-order chi connectivity index (χ0) is 14.8. The number of amides is 2. The normalized spacial score (nSPS) is 19.7. The molecule has 1 aliphatic heterocycles. The molecule has 1 unspecified atom stereocenters. The Kier molecular flexibility index (Phi) is 4.05. The van der Waals surface area contributed by atoms with E-state index in [2.05, 4.69) is 10.0 Å². The summed E-state index contributed by atoms with van der Waals surface area (Å²) >= 11 is 0. The third-order valence-electron chi connectivity index (χ3n) is 2.96. The molecule has 4 N–H and O–H groups in total. The lowest BCUT2D eigenvalue weighted by atomic mass is 10.1. The number of carbonyl (C=O) groups excluding carboxylic acids is 2. The fourth-order valence-corrected chi connectivity index (χ4v) is 3.35. The Morgan fingerprint density at radius 3 is 2.65 bits per heavy atom. The van der Waals surface area contributed by atoms with Crippen molar-refractivity contribution in [1.29, 1.82) is 0 Å². The minimum atomic E-state index is -3.71. The summed E-state index contributed by atoms with van der Waals surface area (Å²) in [5, 5.41) is 2.10. The van der Waals surface area contributed by atoms with E-state index in [1.807, 2.05) is 0 Å². The summed E-state index contributed by atoms with van der Waals surface area (Å²) in [6.07, 6.45) is 0.278. The number of nitrogen functional groups attached to an aromatic ring is 1. The molecule has 0 aliphatic carbocycles. The van der Waals surface area contributed by atoms with Crippen LogP contribution < -0.4 is 15.8 Å². The van der Waals surface area contributed by atoms with E-state index in [0.717, 1.165) is 0 Å². The van der Waals surface area contributed by atoms with Gasteiger partial charge in [-0.15, -0.1) is 0 Å². The molecular weight excluding hydrogens is 282 g/mol. The number of nitrogens with two attached hydrogens (primary N) is 1. The van der Waals surface area contributed by atoms with Gasteiger partial charge in [0, 0.05) is 12.1 Å². The van der Waals surface area contributed by atoms with Crippen LogP contribution in [0.5, 0.6) is 0 Å². The van der Waals surface area contributed by atoms with E-state index in [-0.39, 0.29) is 18.6 Å². The minimum Gasteiger partial charge on any atom is -0.398 e. The first-order valence-electron chi connectivity index (χ1n) is 6.04. The number of rotatable bonds is 4. The first-order chi connectivity index (χ1) is 9.37. The predicted octanol–water partition coefficient (Wildman–Crippen LogP) is -0.507. The third kappa shape index (κ3) is 3.55. The number of sulfonamides is 1. The maximum absolute atomic E-state index is 12.0. The average molecular weight is 297 g/mol. The molecule has 1 fully saturated rings. The molecule has 1 atom stereocenters. The molecule has 1 aromatic rings. The Balaban J connectivity index is 2.06. The number of nitrogens with one attached hydrogen (secondary N) is 2. The molecule has 0 saturated carbocycles. The van der Waals surface area contributed by atoms with Crippen molar-refractivity contribution in [3.8, 4) is 0 Å². The monoisotopic (exact) mass is 297 g/mol. The molecule has 1 saturated heterocycles. The van der Waals surface area contributed by atoms with Crippen LogP contribution in [0.1, 0.15) is 18.4 Å². The average Bonchev–Trinajstić information content (AvgIpc) is 2.35. The summed E-state index contributed by atoms with van der Waals surface area (Å²) < 4.78 is 26.3. The van der Waals surface area contributed by atoms with Gasteiger partial charge in [0.15, 0.2) is 0 Å². The summed E-state index contributed by atoms with van der Waals surface area (Å²) in [4.78, 5) is 22.5. The second-order valence-corrected chi connectivity index (χ2v) is 6.33. The summed E-state index contributed by atoms with van der Waals surface area (Å²) in [5.41, 5.74) is 6.53. The summed E-state index contributed by atoms with van der Waals surface area (Å²) in [6.45, 7) is 0. The Labute approximate surface area is 116 Å². The highest BCUT2D eigenvalue weighted by atomic mass is 32.2. The van der Waals surface area contributed by atoms with Crippen LogP contribution in [-0.2, 0) is 25.4 Å². The number of carbonyl (C=O) groups is 2. The van der Waals surface area contributed by atoms with E-state index >= 15 is 0 Å². The maximum Gasteiger partial charge on any atom is 0.244 e. The highest BCUT2D eigenvalue weighted by Gasteiger charge is 2.30. The Hall–Kier alpha value is -1.93. The predicted molar refractivity (Wildman–Crippen MR) is 72.8 cm³/mol. The van der Waals surface area contributed by atoms with Gasteiger partial charge in [-0.3, -0.25) is 14.9 Å². The number of hydrogen-bond donors (Lipinski definition) is 3. The van der Waals surface area contributed by atoms with Gasteiger partial charge in [-0.05, 0) is 18.1 Å². The van der Waals surface area contributed by atoms with E-state index in [4.69, 9.17) is 5.73 Å². The first-order valence-corrected chi connectivity index (χ1v) is 7.70. The van der Waals surface area contributed by atoms with Crippen LogP contribution in [0.3, 0.4) is 0 Å². The number of piperidine rings is 1. The molecule has 8 heteroatoms. The zero-order valence-corrected chi connectivity index (χ0v) is 11.4. The van der Waals surface area contributed by atoms with E-state index in [1.54, 1.807) is 24.3 Å². The van der Waals surface area contributed by atoms with Gasteiger partial charge in [-0.1, -0.05) is 18.2 Å². The molecule has 1 heterocycles. The quantitative estimate of drug-likeness (QED) is 0.511. The van der Waals surface area contributed by atoms with E-state index in [0.29, 0.717) is 11.3 Å². The van der Waals surface area contributed by atoms with Crippen LogP contribution in [0.15, 0.2) is 24.3 Å². The van der Waals surface area contributed by atoms with E-state index < -0.39 is 27.9 Å². The van der Waals surface area contributed by atoms with Crippen LogP contribution >= 0.6 is 0 Å². The van der Waals surface area contributed by atoms with Crippen LogP contribution in [0.2, 0.25) is 0 Å². The smallest absolute Gasteiger partial charge is 0.244 e. The SMILES string of the molecule is Nc1ccccc1CS(=O)(=O)NC1CCC(=O)NC1=O. The van der Waals surface area contributed by atoms with Gasteiger partial charge in [0.2, 0.25) is 21.8 Å². The fourth-order valence-electron chi connectivity index (χ4n) is 1.93. The van der Waals surface area contributed by atoms with Crippen LogP contribution in [-0.4, -0.2) is 26.3 Å². The number of benzene rings is 1. The molecule has 20 heavy (non-hydrogen) atoms. The van der Waals surface area contributed by atoms with E-state index in [9.17, 15) is 18.0 Å². The van der Waals surface area contributed by atoms with Gasteiger partial charge in [0.05, 0.1) is 5.75 Å². The van der Waals surface area contributed by atoms with Crippen molar-refractivity contribution < 1.29 is 18.0 Å². The largest absolute Gasteiger partial charge is 0.398 e. The maximum atomic E-state index is 12.0. The standard InChI is InChI=1S/C12H15N3O4S/c13-9-4-2-1-3-8(9)7-20(18,19)15-10-5-6-11(16)14-12(10)17/h1-4,10,15H,5-7,13H2,(H,14,16,17). The molecule has 108 valence electrons. The molecule has 1 aromatic carbocycles. The van der Waals surface area contributed by atoms with Crippen molar-refractivity contribution in [2.45, 2.75) is 24.6 Å². The van der Waals surface area contributed by atoms with Crippen LogP contribution in [0.25, 0.3) is 0 Å². The fraction of sp³-hybridized carbons (Fsp3) is 0.333. The Bertz CT molecular complexity index is 642. The van der Waals surface area contributed by atoms with E-state index in [1.165, 1.54) is 0 Å². The molecule has 2 amide bonds. The molecule has 0 spiro atoms. The van der Waals surface area contributed by atoms with Gasteiger partial charge >= 0.3 is 0 Å². The second-order valence-electron chi connectivity index (χ2n) is 4.58. The molecular formula is C12H15N3O4S. The number of anilines is 1. The van der Waals surface area contributed by atoms with Crippen molar-refractivity contribution in [3.63, 3.8) is 0 Å². The Morgan fingerprint density at radius 1 is 1.30 bits per heavy atom. The molecule has 0 radical (unpaired) electrons. The van der Waals surface area contributed by atoms with Crippen molar-refractivity contribution in [1.82, 2.24) is 10.0 Å². The lowest BCUT2D eigenvalue weighted by molar-refractivity contribution is -0.134. The number of para-hydroxylation sites is 1. The van der Waals surface area contributed by atoms with Crippen molar-refractivity contribution >= 4 is 27.5 Å². The summed E-state index contributed by atoms with van der Waals surface area (Å²) in [5.74, 6) is -1.32. The minimum absolute atomic E-state index is 0.117. The van der Waals surface area contributed by atoms with Gasteiger partial charge in [-0.25, -0.2) is 13.1 Å². The molecule has 7 nitrogen and oxygen atoms in total. The van der Waals surface area contributed by atoms with Crippen molar-refractivity contribution in [2.24, 2.45) is 0 Å². The van der Waals surface area contributed by atoms with Gasteiger partial charge in [0.25, 0.3) is 0 Å². The van der Waals surface area contributed by atoms with Crippen molar-refractivity contribution in [3.05, 3.63) is 29.8 Å². The molecule has 1 aliphatic rings. The summed E-state index contributed by atoms with van der Waals surface area (Å²) in [7, 11) is -3.71. The number of hydrogen-bond acceptors (Lipinski definition) is 5. The van der Waals surface area contributed by atoms with Gasteiger partial charge < -0.3 is 5.73 Å². The lowest BCUT2D eigenvalue weighted by Gasteiger charge is -2.21. The van der Waals surface area contributed by atoms with Crippen LogP contribution in [0, 0.1) is 0 Å². The van der Waals surface area contributed by atoms with Crippen molar-refractivity contribution in [2.75, 3.05) is 5.73 Å². The first kappa shape index (κ1) is 14.5. The highest BCUT2D eigenvalue weighted by molar-refractivity contribution is 7.88. The van der Waals surface area contributed by atoms with Gasteiger partial charge in [-0.2, -0.15) is 0 Å². The number of imide groups is 1.